The number of carbonyl (C=O) groups excluding carboxylic acids is 1. The van der Waals surface area contributed by atoms with Crippen molar-refractivity contribution in [3.8, 4) is 5.75 Å². The van der Waals surface area contributed by atoms with E-state index in [1.165, 1.54) is 0 Å². The van der Waals surface area contributed by atoms with Gasteiger partial charge >= 0.3 is 0 Å². The molecular formula is C14H21N3O4S. The molecule has 1 amide bonds. The van der Waals surface area contributed by atoms with Gasteiger partial charge in [-0.1, -0.05) is 0 Å². The van der Waals surface area contributed by atoms with E-state index in [1.54, 1.807) is 24.2 Å². The van der Waals surface area contributed by atoms with Gasteiger partial charge in [0.15, 0.2) is 0 Å². The molecule has 0 saturated carbocycles. The Hall–Kier alpha value is -1.67. The van der Waals surface area contributed by atoms with Crippen molar-refractivity contribution < 1.29 is 17.9 Å². The molecule has 1 aromatic heterocycles. The van der Waals surface area contributed by atoms with Gasteiger partial charge in [0.2, 0.25) is 15.9 Å². The Morgan fingerprint density at radius 3 is 2.68 bits per heavy atom. The second kappa shape index (κ2) is 7.06. The van der Waals surface area contributed by atoms with Gasteiger partial charge in [-0.3, -0.25) is 9.78 Å². The number of nitrogens with one attached hydrogen (secondary N) is 1. The van der Waals surface area contributed by atoms with Crippen molar-refractivity contribution in [2.75, 3.05) is 19.3 Å². The lowest BCUT2D eigenvalue weighted by Crippen LogP contribution is -2.50. The lowest BCUT2D eigenvalue weighted by molar-refractivity contribution is -0.134. The topological polar surface area (TPSA) is 88.6 Å². The van der Waals surface area contributed by atoms with Gasteiger partial charge in [-0.05, 0) is 19.1 Å². The van der Waals surface area contributed by atoms with Gasteiger partial charge in [0.05, 0.1) is 18.5 Å². The van der Waals surface area contributed by atoms with E-state index >= 15 is 0 Å². The summed E-state index contributed by atoms with van der Waals surface area (Å²) in [6, 6.07) is 2.92. The third-order valence-corrected chi connectivity index (χ3v) is 4.23. The second-order valence-electron chi connectivity index (χ2n) is 5.44. The number of sulfonamides is 1. The van der Waals surface area contributed by atoms with E-state index in [2.05, 4.69) is 9.71 Å². The number of piperidine rings is 1. The molecule has 1 N–H and O–H groups in total. The fourth-order valence-electron chi connectivity index (χ4n) is 2.45. The summed E-state index contributed by atoms with van der Waals surface area (Å²) >= 11 is 0. The van der Waals surface area contributed by atoms with Crippen molar-refractivity contribution in [2.45, 2.75) is 31.9 Å². The Morgan fingerprint density at radius 1 is 1.45 bits per heavy atom. The monoisotopic (exact) mass is 327 g/mol. The Morgan fingerprint density at radius 2 is 2.14 bits per heavy atom. The molecule has 0 bridgehead atoms. The van der Waals surface area contributed by atoms with Crippen LogP contribution < -0.4 is 9.46 Å². The molecule has 1 atom stereocenters. The van der Waals surface area contributed by atoms with E-state index < -0.39 is 16.1 Å². The SMILES string of the molecule is CC(NS(C)(=O)=O)C(=O)N1CCC(Oc2cccnc2)CC1. The predicted octanol–water partition coefficient (Wildman–Crippen LogP) is 0.389. The summed E-state index contributed by atoms with van der Waals surface area (Å²) in [5.41, 5.74) is 0. The summed E-state index contributed by atoms with van der Waals surface area (Å²) in [5, 5.41) is 0. The first-order valence-electron chi connectivity index (χ1n) is 7.18. The number of aromatic nitrogens is 1. The average molecular weight is 327 g/mol. The maximum Gasteiger partial charge on any atom is 0.240 e. The Labute approximate surface area is 130 Å². The molecule has 1 aliphatic heterocycles. The van der Waals surface area contributed by atoms with Gasteiger partial charge in [0.25, 0.3) is 0 Å². The molecule has 2 heterocycles. The van der Waals surface area contributed by atoms with Gasteiger partial charge in [0, 0.05) is 32.1 Å². The second-order valence-corrected chi connectivity index (χ2v) is 7.22. The van der Waals surface area contributed by atoms with E-state index in [0.29, 0.717) is 25.9 Å². The quantitative estimate of drug-likeness (QED) is 0.845. The van der Waals surface area contributed by atoms with Crippen molar-refractivity contribution in [2.24, 2.45) is 0 Å². The summed E-state index contributed by atoms with van der Waals surface area (Å²) < 4.78 is 30.5. The number of amides is 1. The molecular weight excluding hydrogens is 306 g/mol. The molecule has 1 saturated heterocycles. The van der Waals surface area contributed by atoms with Crippen LogP contribution in [0.3, 0.4) is 0 Å². The first kappa shape index (κ1) is 16.7. The average Bonchev–Trinajstić information content (AvgIpc) is 2.46. The van der Waals surface area contributed by atoms with Crippen molar-refractivity contribution in [1.82, 2.24) is 14.6 Å². The third kappa shape index (κ3) is 4.96. The highest BCUT2D eigenvalue weighted by Gasteiger charge is 2.28. The smallest absolute Gasteiger partial charge is 0.240 e. The first-order valence-corrected chi connectivity index (χ1v) is 9.07. The highest BCUT2D eigenvalue weighted by molar-refractivity contribution is 7.88. The first-order chi connectivity index (χ1) is 10.3. The molecule has 122 valence electrons. The molecule has 0 spiro atoms. The van der Waals surface area contributed by atoms with E-state index in [4.69, 9.17) is 4.74 Å². The summed E-state index contributed by atoms with van der Waals surface area (Å²) in [5.74, 6) is 0.518. The summed E-state index contributed by atoms with van der Waals surface area (Å²) in [4.78, 5) is 17.9. The number of ether oxygens (including phenoxy) is 1. The molecule has 1 aromatic rings. The number of likely N-dealkylation sites (tertiary alicyclic amines) is 1. The minimum absolute atomic E-state index is 0.0476. The van der Waals surface area contributed by atoms with E-state index in [0.717, 1.165) is 12.0 Å². The van der Waals surface area contributed by atoms with E-state index in [1.807, 2.05) is 12.1 Å². The van der Waals surface area contributed by atoms with Crippen LogP contribution in [-0.2, 0) is 14.8 Å². The van der Waals surface area contributed by atoms with Crippen LogP contribution in [0.5, 0.6) is 5.75 Å². The van der Waals surface area contributed by atoms with Crippen LogP contribution >= 0.6 is 0 Å². The summed E-state index contributed by atoms with van der Waals surface area (Å²) in [7, 11) is -3.39. The lowest BCUT2D eigenvalue weighted by Gasteiger charge is -2.33. The van der Waals surface area contributed by atoms with Crippen LogP contribution in [-0.4, -0.2) is 55.7 Å². The fourth-order valence-corrected chi connectivity index (χ4v) is 3.19. The Bertz CT molecular complexity index is 598. The number of carbonyl (C=O) groups is 1. The molecule has 22 heavy (non-hydrogen) atoms. The molecule has 0 aliphatic carbocycles. The molecule has 1 fully saturated rings. The lowest BCUT2D eigenvalue weighted by atomic mass is 10.1. The predicted molar refractivity (Wildman–Crippen MR) is 81.9 cm³/mol. The number of pyridine rings is 1. The molecule has 1 unspecified atom stereocenters. The molecule has 7 nitrogen and oxygen atoms in total. The number of hydrogen-bond donors (Lipinski definition) is 1. The highest BCUT2D eigenvalue weighted by Crippen LogP contribution is 2.18. The maximum absolute atomic E-state index is 12.2. The molecule has 2 rings (SSSR count). The maximum atomic E-state index is 12.2. The van der Waals surface area contributed by atoms with Crippen LogP contribution in [0.15, 0.2) is 24.5 Å². The molecule has 8 heteroatoms. The minimum atomic E-state index is -3.39. The van der Waals surface area contributed by atoms with Gasteiger partial charge < -0.3 is 9.64 Å². The van der Waals surface area contributed by atoms with Crippen molar-refractivity contribution in [3.63, 3.8) is 0 Å². The van der Waals surface area contributed by atoms with Crippen LogP contribution in [0.1, 0.15) is 19.8 Å². The molecule has 0 aromatic carbocycles. The Balaban J connectivity index is 1.83. The van der Waals surface area contributed by atoms with Crippen molar-refractivity contribution >= 4 is 15.9 Å². The van der Waals surface area contributed by atoms with E-state index in [9.17, 15) is 13.2 Å². The molecule has 0 radical (unpaired) electrons. The highest BCUT2D eigenvalue weighted by atomic mass is 32.2. The van der Waals surface area contributed by atoms with Gasteiger partial charge in [0.1, 0.15) is 11.9 Å². The largest absolute Gasteiger partial charge is 0.489 e. The standard InChI is InChI=1S/C14H21N3O4S/c1-11(16-22(2,19)20)14(18)17-8-5-12(6-9-17)21-13-4-3-7-15-10-13/h3-4,7,10-12,16H,5-6,8-9H2,1-2H3. The summed E-state index contributed by atoms with van der Waals surface area (Å²) in [6.07, 6.45) is 5.87. The van der Waals surface area contributed by atoms with Crippen molar-refractivity contribution in [3.05, 3.63) is 24.5 Å². The minimum Gasteiger partial charge on any atom is -0.489 e. The van der Waals surface area contributed by atoms with Crippen LogP contribution in [0.2, 0.25) is 0 Å². The third-order valence-electron chi connectivity index (χ3n) is 3.45. The van der Waals surface area contributed by atoms with Crippen LogP contribution in [0.4, 0.5) is 0 Å². The van der Waals surface area contributed by atoms with Gasteiger partial charge in [-0.15, -0.1) is 0 Å². The number of nitrogens with zero attached hydrogens (tertiary/aromatic N) is 2. The van der Waals surface area contributed by atoms with Gasteiger partial charge in [-0.25, -0.2) is 13.1 Å². The number of hydrogen-bond acceptors (Lipinski definition) is 5. The van der Waals surface area contributed by atoms with Gasteiger partial charge in [-0.2, -0.15) is 0 Å². The zero-order valence-electron chi connectivity index (χ0n) is 12.7. The molecule has 1 aliphatic rings. The van der Waals surface area contributed by atoms with Crippen molar-refractivity contribution in [1.29, 1.82) is 0 Å². The normalized spacial score (nSPS) is 18.0. The van der Waals surface area contributed by atoms with Crippen LogP contribution in [0, 0.1) is 0 Å². The Kier molecular flexibility index (Phi) is 5.36. The zero-order valence-corrected chi connectivity index (χ0v) is 13.5. The van der Waals surface area contributed by atoms with Crippen LogP contribution in [0.25, 0.3) is 0 Å². The zero-order chi connectivity index (χ0) is 16.2. The fraction of sp³-hybridized carbons (Fsp3) is 0.571. The van der Waals surface area contributed by atoms with E-state index in [-0.39, 0.29) is 12.0 Å². The summed E-state index contributed by atoms with van der Waals surface area (Å²) in [6.45, 7) is 2.67. The number of rotatable bonds is 5.